The van der Waals surface area contributed by atoms with Gasteiger partial charge in [-0.25, -0.2) is 8.42 Å². The molecule has 0 aliphatic rings. The lowest BCUT2D eigenvalue weighted by molar-refractivity contribution is 0.0952. The van der Waals surface area contributed by atoms with Crippen molar-refractivity contribution in [3.63, 3.8) is 0 Å². The highest BCUT2D eigenvalue weighted by Gasteiger charge is 2.16. The van der Waals surface area contributed by atoms with Crippen molar-refractivity contribution in [3.8, 4) is 0 Å². The zero-order valence-corrected chi connectivity index (χ0v) is 16.6. The molecule has 0 unspecified atom stereocenters. The average molecular weight is 395 g/mol. The van der Waals surface area contributed by atoms with Gasteiger partial charge in [0.2, 0.25) is 0 Å². The number of carbonyl (C=O) groups is 1. The summed E-state index contributed by atoms with van der Waals surface area (Å²) >= 11 is 5.80. The number of carbonyl (C=O) groups excluding carboxylic acids is 1. The first-order chi connectivity index (χ1) is 12.2. The van der Waals surface area contributed by atoms with E-state index in [1.54, 1.807) is 25.1 Å². The number of sulfonamides is 1. The van der Waals surface area contributed by atoms with Crippen molar-refractivity contribution in [1.82, 2.24) is 5.32 Å². The number of hydrogen-bond donors (Lipinski definition) is 2. The third-order valence-electron chi connectivity index (χ3n) is 3.88. The van der Waals surface area contributed by atoms with E-state index in [0.717, 1.165) is 12.0 Å². The predicted molar refractivity (Wildman–Crippen MR) is 105 cm³/mol. The van der Waals surface area contributed by atoms with E-state index >= 15 is 0 Å². The number of aryl methyl sites for hydroxylation is 1. The molecule has 26 heavy (non-hydrogen) atoms. The molecule has 0 spiro atoms. The second kappa shape index (κ2) is 8.56. The van der Waals surface area contributed by atoms with Gasteiger partial charge >= 0.3 is 0 Å². The van der Waals surface area contributed by atoms with Crippen molar-refractivity contribution in [2.75, 3.05) is 11.3 Å². The van der Waals surface area contributed by atoms with Gasteiger partial charge in [-0.1, -0.05) is 31.5 Å². The monoisotopic (exact) mass is 394 g/mol. The van der Waals surface area contributed by atoms with Gasteiger partial charge in [0.1, 0.15) is 0 Å². The smallest absolute Gasteiger partial charge is 0.261 e. The summed E-state index contributed by atoms with van der Waals surface area (Å²) in [6.07, 6.45) is 0.883. The summed E-state index contributed by atoms with van der Waals surface area (Å²) in [5.41, 5.74) is 1.51. The van der Waals surface area contributed by atoms with Crippen LogP contribution >= 0.6 is 11.6 Å². The van der Waals surface area contributed by atoms with E-state index in [1.807, 2.05) is 0 Å². The normalized spacial score (nSPS) is 11.4. The average Bonchev–Trinajstić information content (AvgIpc) is 2.56. The summed E-state index contributed by atoms with van der Waals surface area (Å²) in [5, 5.41) is 3.31. The quantitative estimate of drug-likeness (QED) is 0.738. The van der Waals surface area contributed by atoms with E-state index in [9.17, 15) is 13.2 Å². The van der Waals surface area contributed by atoms with Crippen LogP contribution in [-0.2, 0) is 10.0 Å². The van der Waals surface area contributed by atoms with Gasteiger partial charge in [0, 0.05) is 17.1 Å². The van der Waals surface area contributed by atoms with E-state index < -0.39 is 10.0 Å². The summed E-state index contributed by atoms with van der Waals surface area (Å²) < 4.78 is 27.6. The topological polar surface area (TPSA) is 75.3 Å². The molecule has 0 aliphatic heterocycles. The maximum absolute atomic E-state index is 12.5. The Bertz CT molecular complexity index is 878. The highest BCUT2D eigenvalue weighted by molar-refractivity contribution is 7.92. The molecule has 0 atom stereocenters. The van der Waals surface area contributed by atoms with E-state index in [2.05, 4.69) is 23.9 Å². The molecule has 2 aromatic rings. The first kappa shape index (κ1) is 20.3. The lowest BCUT2D eigenvalue weighted by Crippen LogP contribution is -2.25. The lowest BCUT2D eigenvalue weighted by atomic mass is 10.1. The number of rotatable bonds is 7. The van der Waals surface area contributed by atoms with E-state index in [-0.39, 0.29) is 10.8 Å². The van der Waals surface area contributed by atoms with E-state index in [4.69, 9.17) is 11.6 Å². The van der Waals surface area contributed by atoms with Crippen LogP contribution < -0.4 is 10.0 Å². The van der Waals surface area contributed by atoms with Gasteiger partial charge in [0.05, 0.1) is 10.6 Å². The molecule has 0 aromatic heterocycles. The third kappa shape index (κ3) is 5.47. The van der Waals surface area contributed by atoms with Gasteiger partial charge in [0.15, 0.2) is 0 Å². The molecule has 0 saturated heterocycles. The van der Waals surface area contributed by atoms with Crippen molar-refractivity contribution >= 4 is 33.2 Å². The van der Waals surface area contributed by atoms with Crippen molar-refractivity contribution in [3.05, 3.63) is 58.6 Å². The second-order valence-corrected chi connectivity index (χ2v) is 8.65. The maximum atomic E-state index is 12.5. The summed E-state index contributed by atoms with van der Waals surface area (Å²) in [4.78, 5) is 12.4. The van der Waals surface area contributed by atoms with Crippen molar-refractivity contribution < 1.29 is 13.2 Å². The highest BCUT2D eigenvalue weighted by Crippen LogP contribution is 2.22. The molecule has 0 bridgehead atoms. The van der Waals surface area contributed by atoms with Crippen LogP contribution in [-0.4, -0.2) is 20.9 Å². The van der Waals surface area contributed by atoms with Gasteiger partial charge in [0.25, 0.3) is 15.9 Å². The first-order valence-corrected chi connectivity index (χ1v) is 10.2. The molecule has 140 valence electrons. The zero-order chi connectivity index (χ0) is 19.3. The Hall–Kier alpha value is -2.05. The molecular weight excluding hydrogens is 372 g/mol. The Balaban J connectivity index is 2.19. The number of anilines is 1. The first-order valence-electron chi connectivity index (χ1n) is 8.36. The van der Waals surface area contributed by atoms with Gasteiger partial charge in [-0.15, -0.1) is 0 Å². The maximum Gasteiger partial charge on any atom is 0.261 e. The SMILES string of the molecule is Cc1ccc(C(=O)NCCC(C)C)cc1NS(=O)(=O)c1ccc(Cl)cc1. The van der Waals surface area contributed by atoms with Crippen molar-refractivity contribution in [1.29, 1.82) is 0 Å². The van der Waals surface area contributed by atoms with Crippen LogP contribution in [0.2, 0.25) is 5.02 Å². The zero-order valence-electron chi connectivity index (χ0n) is 15.0. The summed E-state index contributed by atoms with van der Waals surface area (Å²) in [5.74, 6) is 0.271. The van der Waals surface area contributed by atoms with Crippen molar-refractivity contribution in [2.24, 2.45) is 5.92 Å². The molecule has 0 saturated carbocycles. The summed E-state index contributed by atoms with van der Waals surface area (Å²) in [6.45, 7) is 6.53. The number of hydrogen-bond acceptors (Lipinski definition) is 3. The fraction of sp³-hybridized carbons (Fsp3) is 0.316. The molecule has 2 N–H and O–H groups in total. The molecule has 0 radical (unpaired) electrons. The fourth-order valence-corrected chi connectivity index (χ4v) is 3.51. The number of benzene rings is 2. The summed E-state index contributed by atoms with van der Waals surface area (Å²) in [6, 6.07) is 10.8. The minimum Gasteiger partial charge on any atom is -0.352 e. The van der Waals surface area contributed by atoms with Crippen LogP contribution in [0, 0.1) is 12.8 Å². The molecule has 0 heterocycles. The number of halogens is 1. The highest BCUT2D eigenvalue weighted by atomic mass is 35.5. The number of amides is 1. The second-order valence-electron chi connectivity index (χ2n) is 6.53. The van der Waals surface area contributed by atoms with E-state index in [0.29, 0.717) is 28.7 Å². The largest absolute Gasteiger partial charge is 0.352 e. The minimum atomic E-state index is -3.76. The van der Waals surface area contributed by atoms with Crippen LogP contribution in [0.15, 0.2) is 47.4 Å². The molecule has 0 fully saturated rings. The lowest BCUT2D eigenvalue weighted by Gasteiger charge is -2.13. The van der Waals surface area contributed by atoms with Gasteiger partial charge < -0.3 is 5.32 Å². The Labute approximate surface area is 159 Å². The molecule has 2 aromatic carbocycles. The molecule has 2 rings (SSSR count). The van der Waals surface area contributed by atoms with Gasteiger partial charge in [-0.3, -0.25) is 9.52 Å². The van der Waals surface area contributed by atoms with E-state index in [1.165, 1.54) is 24.3 Å². The van der Waals surface area contributed by atoms with Crippen molar-refractivity contribution in [2.45, 2.75) is 32.1 Å². The standard InChI is InChI=1S/C19H23ClN2O3S/c1-13(2)10-11-21-19(23)15-5-4-14(3)18(12-15)22-26(24,25)17-8-6-16(20)7-9-17/h4-9,12-13,22H,10-11H2,1-3H3,(H,21,23). The Kier molecular flexibility index (Phi) is 6.67. The predicted octanol–water partition coefficient (Wildman–Crippen LogP) is 4.23. The van der Waals surface area contributed by atoms with Crippen LogP contribution in [0.5, 0.6) is 0 Å². The molecule has 5 nitrogen and oxygen atoms in total. The van der Waals surface area contributed by atoms with Crippen LogP contribution in [0.25, 0.3) is 0 Å². The fourth-order valence-electron chi connectivity index (χ4n) is 2.27. The third-order valence-corrected chi connectivity index (χ3v) is 5.51. The summed E-state index contributed by atoms with van der Waals surface area (Å²) in [7, 11) is -3.76. The molecular formula is C19H23ClN2O3S. The molecule has 1 amide bonds. The Morgan fingerprint density at radius 1 is 1.12 bits per heavy atom. The van der Waals surface area contributed by atoms with Gasteiger partial charge in [-0.05, 0) is 61.2 Å². The number of nitrogens with one attached hydrogen (secondary N) is 2. The molecule has 7 heteroatoms. The minimum absolute atomic E-state index is 0.105. The Morgan fingerprint density at radius 2 is 1.77 bits per heavy atom. The van der Waals surface area contributed by atoms with Crippen LogP contribution in [0.3, 0.4) is 0 Å². The Morgan fingerprint density at radius 3 is 2.38 bits per heavy atom. The molecule has 0 aliphatic carbocycles. The van der Waals surface area contributed by atoms with Crippen LogP contribution in [0.4, 0.5) is 5.69 Å². The van der Waals surface area contributed by atoms with Gasteiger partial charge in [-0.2, -0.15) is 0 Å². The van der Waals surface area contributed by atoms with Crippen LogP contribution in [0.1, 0.15) is 36.2 Å².